The highest BCUT2D eigenvalue weighted by atomic mass is 16.2. The molecule has 2 atom stereocenters. The highest BCUT2D eigenvalue weighted by Crippen LogP contribution is 2.25. The Labute approximate surface area is 124 Å². The highest BCUT2D eigenvalue weighted by molar-refractivity contribution is 5.93. The molecule has 0 bridgehead atoms. The molecule has 1 saturated heterocycles. The Morgan fingerprint density at radius 1 is 1.33 bits per heavy atom. The van der Waals surface area contributed by atoms with E-state index in [-0.39, 0.29) is 11.9 Å². The molecule has 1 amide bonds. The predicted octanol–water partition coefficient (Wildman–Crippen LogP) is 2.73. The van der Waals surface area contributed by atoms with Crippen LogP contribution in [0.25, 0.3) is 11.4 Å². The van der Waals surface area contributed by atoms with Crippen LogP contribution in [0.4, 0.5) is 0 Å². The van der Waals surface area contributed by atoms with Gasteiger partial charge in [-0.05, 0) is 43.9 Å². The van der Waals surface area contributed by atoms with Crippen LogP contribution in [0.2, 0.25) is 0 Å². The lowest BCUT2D eigenvalue weighted by atomic mass is 9.92. The van der Waals surface area contributed by atoms with Gasteiger partial charge >= 0.3 is 0 Å². The molecule has 0 aromatic carbocycles. The number of nitrogens with zero attached hydrogens (tertiary/aromatic N) is 3. The SMILES string of the molecule is C[C@H]1CCCN(C(=O)c2cc(-c3ccccn3)n[nH]2)[C@H]1C. The van der Waals surface area contributed by atoms with Crippen LogP contribution in [-0.4, -0.2) is 38.6 Å². The van der Waals surface area contributed by atoms with Crippen LogP contribution in [0.3, 0.4) is 0 Å². The van der Waals surface area contributed by atoms with E-state index in [0.717, 1.165) is 18.7 Å². The first-order chi connectivity index (χ1) is 10.2. The number of hydrogen-bond donors (Lipinski definition) is 1. The molecule has 1 N–H and O–H groups in total. The van der Waals surface area contributed by atoms with Crippen molar-refractivity contribution >= 4 is 5.91 Å². The predicted molar refractivity (Wildman–Crippen MR) is 80.7 cm³/mol. The summed E-state index contributed by atoms with van der Waals surface area (Å²) in [6.45, 7) is 5.15. The number of rotatable bonds is 2. The van der Waals surface area contributed by atoms with E-state index in [1.807, 2.05) is 23.1 Å². The molecular weight excluding hydrogens is 264 g/mol. The maximum atomic E-state index is 12.6. The van der Waals surface area contributed by atoms with Gasteiger partial charge in [-0.2, -0.15) is 5.10 Å². The first-order valence-electron chi connectivity index (χ1n) is 7.44. The summed E-state index contributed by atoms with van der Waals surface area (Å²) in [5.41, 5.74) is 2.01. The van der Waals surface area contributed by atoms with Crippen LogP contribution in [-0.2, 0) is 0 Å². The van der Waals surface area contributed by atoms with Crippen LogP contribution >= 0.6 is 0 Å². The van der Waals surface area contributed by atoms with Crippen molar-refractivity contribution in [2.24, 2.45) is 5.92 Å². The lowest BCUT2D eigenvalue weighted by Gasteiger charge is -2.37. The summed E-state index contributed by atoms with van der Waals surface area (Å²) in [5.74, 6) is 0.574. The van der Waals surface area contributed by atoms with Gasteiger partial charge in [0.05, 0.1) is 5.69 Å². The van der Waals surface area contributed by atoms with Crippen molar-refractivity contribution in [2.45, 2.75) is 32.7 Å². The van der Waals surface area contributed by atoms with E-state index in [9.17, 15) is 4.79 Å². The molecule has 21 heavy (non-hydrogen) atoms. The van der Waals surface area contributed by atoms with Crippen molar-refractivity contribution in [3.05, 3.63) is 36.2 Å². The van der Waals surface area contributed by atoms with Crippen molar-refractivity contribution in [1.29, 1.82) is 0 Å². The number of carbonyl (C=O) groups excluding carboxylic acids is 1. The van der Waals surface area contributed by atoms with Gasteiger partial charge in [0.1, 0.15) is 11.4 Å². The van der Waals surface area contributed by atoms with E-state index in [2.05, 4.69) is 29.0 Å². The first-order valence-corrected chi connectivity index (χ1v) is 7.44. The summed E-state index contributed by atoms with van der Waals surface area (Å²) in [5, 5.41) is 7.07. The third kappa shape index (κ3) is 2.68. The number of amides is 1. The fourth-order valence-corrected chi connectivity index (χ4v) is 2.85. The Morgan fingerprint density at radius 2 is 2.19 bits per heavy atom. The van der Waals surface area contributed by atoms with Gasteiger partial charge in [0.15, 0.2) is 0 Å². The van der Waals surface area contributed by atoms with E-state index in [0.29, 0.717) is 17.3 Å². The minimum atomic E-state index is 0.0312. The van der Waals surface area contributed by atoms with Crippen molar-refractivity contribution in [3.63, 3.8) is 0 Å². The van der Waals surface area contributed by atoms with E-state index in [1.165, 1.54) is 6.42 Å². The van der Waals surface area contributed by atoms with E-state index in [4.69, 9.17) is 0 Å². The van der Waals surface area contributed by atoms with Gasteiger partial charge in [0.25, 0.3) is 5.91 Å². The third-order valence-corrected chi connectivity index (χ3v) is 4.37. The zero-order valence-electron chi connectivity index (χ0n) is 12.4. The molecule has 2 aromatic rings. The summed E-state index contributed by atoms with van der Waals surface area (Å²) in [6, 6.07) is 7.71. The molecule has 0 spiro atoms. The summed E-state index contributed by atoms with van der Waals surface area (Å²) in [7, 11) is 0. The van der Waals surface area contributed by atoms with Crippen molar-refractivity contribution in [1.82, 2.24) is 20.1 Å². The Balaban J connectivity index is 1.81. The summed E-state index contributed by atoms with van der Waals surface area (Å²) in [4.78, 5) is 18.8. The lowest BCUT2D eigenvalue weighted by Crippen LogP contribution is -2.46. The van der Waals surface area contributed by atoms with Crippen molar-refractivity contribution < 1.29 is 4.79 Å². The molecule has 0 unspecified atom stereocenters. The summed E-state index contributed by atoms with van der Waals surface area (Å²) >= 11 is 0. The Kier molecular flexibility index (Phi) is 3.73. The molecule has 1 fully saturated rings. The van der Waals surface area contributed by atoms with Gasteiger partial charge in [0, 0.05) is 18.8 Å². The number of H-pyrrole nitrogens is 1. The first kappa shape index (κ1) is 13.8. The van der Waals surface area contributed by atoms with E-state index >= 15 is 0 Å². The molecule has 5 heteroatoms. The number of carbonyl (C=O) groups is 1. The van der Waals surface area contributed by atoms with Crippen LogP contribution in [0.15, 0.2) is 30.5 Å². The number of hydrogen-bond acceptors (Lipinski definition) is 3. The van der Waals surface area contributed by atoms with Crippen molar-refractivity contribution in [3.8, 4) is 11.4 Å². The van der Waals surface area contributed by atoms with E-state index < -0.39 is 0 Å². The third-order valence-electron chi connectivity index (χ3n) is 4.37. The second kappa shape index (κ2) is 5.68. The number of aromatic nitrogens is 3. The Morgan fingerprint density at radius 3 is 2.95 bits per heavy atom. The fourth-order valence-electron chi connectivity index (χ4n) is 2.85. The van der Waals surface area contributed by atoms with Crippen LogP contribution in [0, 0.1) is 5.92 Å². The zero-order chi connectivity index (χ0) is 14.8. The molecule has 110 valence electrons. The average molecular weight is 284 g/mol. The summed E-state index contributed by atoms with van der Waals surface area (Å²) in [6.07, 6.45) is 3.98. The molecule has 0 radical (unpaired) electrons. The van der Waals surface area contributed by atoms with Gasteiger partial charge in [-0.15, -0.1) is 0 Å². The van der Waals surface area contributed by atoms with Gasteiger partial charge < -0.3 is 4.90 Å². The molecule has 3 heterocycles. The number of nitrogens with one attached hydrogen (secondary N) is 1. The number of aromatic amines is 1. The zero-order valence-corrected chi connectivity index (χ0v) is 12.4. The minimum Gasteiger partial charge on any atom is -0.334 e. The number of pyridine rings is 1. The lowest BCUT2D eigenvalue weighted by molar-refractivity contribution is 0.0545. The van der Waals surface area contributed by atoms with Gasteiger partial charge in [-0.3, -0.25) is 14.9 Å². The van der Waals surface area contributed by atoms with Gasteiger partial charge in [0.2, 0.25) is 0 Å². The smallest absolute Gasteiger partial charge is 0.272 e. The van der Waals surface area contributed by atoms with E-state index in [1.54, 1.807) is 12.3 Å². The highest BCUT2D eigenvalue weighted by Gasteiger charge is 2.29. The van der Waals surface area contributed by atoms with Crippen LogP contribution < -0.4 is 0 Å². The fraction of sp³-hybridized carbons (Fsp3) is 0.438. The minimum absolute atomic E-state index is 0.0312. The number of likely N-dealkylation sites (tertiary alicyclic amines) is 1. The molecule has 1 aliphatic rings. The average Bonchev–Trinajstić information content (AvgIpc) is 3.00. The van der Waals surface area contributed by atoms with Gasteiger partial charge in [-0.25, -0.2) is 0 Å². The second-order valence-electron chi connectivity index (χ2n) is 5.74. The molecule has 1 aliphatic heterocycles. The van der Waals surface area contributed by atoms with Crippen LogP contribution in [0.5, 0.6) is 0 Å². The normalized spacial score (nSPS) is 22.3. The second-order valence-corrected chi connectivity index (χ2v) is 5.74. The monoisotopic (exact) mass is 284 g/mol. The quantitative estimate of drug-likeness (QED) is 0.922. The molecular formula is C16H20N4O. The largest absolute Gasteiger partial charge is 0.334 e. The molecule has 5 nitrogen and oxygen atoms in total. The molecule has 0 aliphatic carbocycles. The maximum Gasteiger partial charge on any atom is 0.272 e. The molecule has 3 rings (SSSR count). The van der Waals surface area contributed by atoms with Crippen molar-refractivity contribution in [2.75, 3.05) is 6.54 Å². The standard InChI is InChI=1S/C16H20N4O/c1-11-6-5-9-20(12(11)2)16(21)15-10-14(18-19-15)13-7-3-4-8-17-13/h3-4,7-8,10-12H,5-6,9H2,1-2H3,(H,18,19)/t11-,12-/m0/s1. The Bertz CT molecular complexity index is 622. The van der Waals surface area contributed by atoms with Gasteiger partial charge in [-0.1, -0.05) is 13.0 Å². The number of piperidine rings is 1. The Hall–Kier alpha value is -2.17. The molecule has 2 aromatic heterocycles. The topological polar surface area (TPSA) is 61.9 Å². The maximum absolute atomic E-state index is 12.6. The molecule has 0 saturated carbocycles. The summed E-state index contributed by atoms with van der Waals surface area (Å²) < 4.78 is 0. The van der Waals surface area contributed by atoms with Crippen LogP contribution in [0.1, 0.15) is 37.2 Å².